The zero-order chi connectivity index (χ0) is 10.4. The lowest BCUT2D eigenvalue weighted by atomic mass is 10.4. The first-order chi connectivity index (χ1) is 6.75. The zero-order valence-corrected chi connectivity index (χ0v) is 8.91. The van der Waals surface area contributed by atoms with Crippen LogP contribution in [0.15, 0.2) is 6.33 Å². The molecule has 0 aliphatic heterocycles. The SMILES string of the molecule is CCNCC#Cc1ncnn1C(C)C. The highest BCUT2D eigenvalue weighted by Crippen LogP contribution is 2.02. The van der Waals surface area contributed by atoms with Gasteiger partial charge in [-0.1, -0.05) is 12.8 Å². The van der Waals surface area contributed by atoms with Crippen molar-refractivity contribution in [3.8, 4) is 11.8 Å². The minimum absolute atomic E-state index is 0.306. The zero-order valence-electron chi connectivity index (χ0n) is 8.91. The van der Waals surface area contributed by atoms with Gasteiger partial charge in [-0.25, -0.2) is 9.67 Å². The Morgan fingerprint density at radius 1 is 1.57 bits per heavy atom. The second-order valence-electron chi connectivity index (χ2n) is 3.20. The highest BCUT2D eigenvalue weighted by molar-refractivity contribution is 5.20. The molecule has 0 spiro atoms. The van der Waals surface area contributed by atoms with Crippen molar-refractivity contribution in [1.82, 2.24) is 20.1 Å². The molecule has 0 aliphatic rings. The number of hydrogen-bond donors (Lipinski definition) is 1. The van der Waals surface area contributed by atoms with Crippen molar-refractivity contribution < 1.29 is 0 Å². The van der Waals surface area contributed by atoms with E-state index >= 15 is 0 Å². The van der Waals surface area contributed by atoms with E-state index in [1.165, 1.54) is 6.33 Å². The Kier molecular flexibility index (Phi) is 4.14. The van der Waals surface area contributed by atoms with Gasteiger partial charge in [0.25, 0.3) is 0 Å². The van der Waals surface area contributed by atoms with Crippen LogP contribution in [0.2, 0.25) is 0 Å². The molecule has 0 fully saturated rings. The van der Waals surface area contributed by atoms with Crippen LogP contribution >= 0.6 is 0 Å². The lowest BCUT2D eigenvalue weighted by Gasteiger charge is -2.04. The van der Waals surface area contributed by atoms with Gasteiger partial charge in [-0.05, 0) is 26.3 Å². The van der Waals surface area contributed by atoms with Crippen LogP contribution in [0.4, 0.5) is 0 Å². The molecule has 4 heteroatoms. The fourth-order valence-corrected chi connectivity index (χ4v) is 1.03. The van der Waals surface area contributed by atoms with E-state index in [2.05, 4.69) is 48.0 Å². The third kappa shape index (κ3) is 2.86. The number of rotatable bonds is 3. The number of nitrogens with zero attached hydrogens (tertiary/aromatic N) is 3. The molecular formula is C10H16N4. The Balaban J connectivity index is 2.64. The van der Waals surface area contributed by atoms with Gasteiger partial charge in [0.15, 0.2) is 0 Å². The summed E-state index contributed by atoms with van der Waals surface area (Å²) in [7, 11) is 0. The number of nitrogens with one attached hydrogen (secondary N) is 1. The summed E-state index contributed by atoms with van der Waals surface area (Å²) in [6.45, 7) is 7.81. The molecule has 1 aromatic rings. The molecule has 1 rings (SSSR count). The number of aromatic nitrogens is 3. The van der Waals surface area contributed by atoms with Crippen molar-refractivity contribution >= 4 is 0 Å². The fourth-order valence-electron chi connectivity index (χ4n) is 1.03. The van der Waals surface area contributed by atoms with Crippen molar-refractivity contribution in [2.75, 3.05) is 13.1 Å². The Bertz CT molecular complexity index is 329. The summed E-state index contributed by atoms with van der Waals surface area (Å²) < 4.78 is 1.82. The van der Waals surface area contributed by atoms with Gasteiger partial charge in [0, 0.05) is 6.04 Å². The highest BCUT2D eigenvalue weighted by atomic mass is 15.3. The van der Waals surface area contributed by atoms with Gasteiger partial charge in [-0.3, -0.25) is 0 Å². The minimum atomic E-state index is 0.306. The van der Waals surface area contributed by atoms with Gasteiger partial charge in [0.2, 0.25) is 5.82 Å². The normalized spacial score (nSPS) is 10.0. The van der Waals surface area contributed by atoms with Crippen molar-refractivity contribution in [2.24, 2.45) is 0 Å². The van der Waals surface area contributed by atoms with Gasteiger partial charge in [0.1, 0.15) is 6.33 Å². The topological polar surface area (TPSA) is 42.7 Å². The molecule has 0 amide bonds. The summed E-state index contributed by atoms with van der Waals surface area (Å²) in [5, 5.41) is 7.23. The molecule has 76 valence electrons. The second kappa shape index (κ2) is 5.40. The smallest absolute Gasteiger partial charge is 0.203 e. The maximum Gasteiger partial charge on any atom is 0.203 e. The van der Waals surface area contributed by atoms with Crippen LogP contribution in [0.1, 0.15) is 32.6 Å². The summed E-state index contributed by atoms with van der Waals surface area (Å²) in [4.78, 5) is 4.09. The molecule has 1 N–H and O–H groups in total. The molecule has 1 aromatic heterocycles. The van der Waals surface area contributed by atoms with E-state index in [0.29, 0.717) is 12.6 Å². The van der Waals surface area contributed by atoms with E-state index in [9.17, 15) is 0 Å². The Labute approximate surface area is 84.7 Å². The van der Waals surface area contributed by atoms with E-state index in [0.717, 1.165) is 12.4 Å². The molecular weight excluding hydrogens is 176 g/mol. The Hall–Kier alpha value is -1.34. The predicted octanol–water partition coefficient (Wildman–Crippen LogP) is 0.820. The first-order valence-electron chi connectivity index (χ1n) is 4.84. The predicted molar refractivity (Wildman–Crippen MR) is 55.8 cm³/mol. The summed E-state index contributed by atoms with van der Waals surface area (Å²) in [6.07, 6.45) is 1.54. The van der Waals surface area contributed by atoms with Gasteiger partial charge < -0.3 is 5.32 Å². The monoisotopic (exact) mass is 192 g/mol. The van der Waals surface area contributed by atoms with E-state index in [4.69, 9.17) is 0 Å². The van der Waals surface area contributed by atoms with E-state index < -0.39 is 0 Å². The first kappa shape index (κ1) is 10.7. The second-order valence-corrected chi connectivity index (χ2v) is 3.20. The maximum atomic E-state index is 4.10. The molecule has 0 saturated heterocycles. The fraction of sp³-hybridized carbons (Fsp3) is 0.600. The Morgan fingerprint density at radius 3 is 3.00 bits per heavy atom. The van der Waals surface area contributed by atoms with Crippen LogP contribution in [0, 0.1) is 11.8 Å². The number of hydrogen-bond acceptors (Lipinski definition) is 3. The quantitative estimate of drug-likeness (QED) is 0.569. The largest absolute Gasteiger partial charge is 0.306 e. The molecule has 0 bridgehead atoms. The first-order valence-corrected chi connectivity index (χ1v) is 4.84. The van der Waals surface area contributed by atoms with E-state index in [1.54, 1.807) is 0 Å². The van der Waals surface area contributed by atoms with Gasteiger partial charge in [-0.15, -0.1) is 0 Å². The van der Waals surface area contributed by atoms with E-state index in [-0.39, 0.29) is 0 Å². The molecule has 14 heavy (non-hydrogen) atoms. The van der Waals surface area contributed by atoms with Crippen LogP contribution in [0.5, 0.6) is 0 Å². The minimum Gasteiger partial charge on any atom is -0.306 e. The molecule has 0 aromatic carbocycles. The van der Waals surface area contributed by atoms with Crippen LogP contribution in [-0.4, -0.2) is 27.9 Å². The molecule has 4 nitrogen and oxygen atoms in total. The van der Waals surface area contributed by atoms with Crippen LogP contribution in [0.25, 0.3) is 0 Å². The van der Waals surface area contributed by atoms with Gasteiger partial charge >= 0.3 is 0 Å². The van der Waals surface area contributed by atoms with Crippen molar-refractivity contribution in [3.05, 3.63) is 12.2 Å². The third-order valence-electron chi connectivity index (χ3n) is 1.73. The summed E-state index contributed by atoms with van der Waals surface area (Å²) >= 11 is 0. The molecule has 0 unspecified atom stereocenters. The Morgan fingerprint density at radius 2 is 2.36 bits per heavy atom. The lowest BCUT2D eigenvalue weighted by molar-refractivity contribution is 0.525. The van der Waals surface area contributed by atoms with Crippen LogP contribution in [0.3, 0.4) is 0 Å². The van der Waals surface area contributed by atoms with Crippen LogP contribution < -0.4 is 5.32 Å². The third-order valence-corrected chi connectivity index (χ3v) is 1.73. The maximum absolute atomic E-state index is 4.10. The highest BCUT2D eigenvalue weighted by Gasteiger charge is 2.03. The van der Waals surface area contributed by atoms with Gasteiger partial charge in [0.05, 0.1) is 6.54 Å². The standard InChI is InChI=1S/C10H16N4/c1-4-11-7-5-6-10-12-8-13-14(10)9(2)3/h8-9,11H,4,7H2,1-3H3. The summed E-state index contributed by atoms with van der Waals surface area (Å²) in [5.41, 5.74) is 0. The van der Waals surface area contributed by atoms with Gasteiger partial charge in [-0.2, -0.15) is 5.10 Å². The molecule has 0 radical (unpaired) electrons. The molecule has 1 heterocycles. The van der Waals surface area contributed by atoms with Crippen molar-refractivity contribution in [2.45, 2.75) is 26.8 Å². The average molecular weight is 192 g/mol. The summed E-state index contributed by atoms with van der Waals surface area (Å²) in [5.74, 6) is 6.72. The molecule has 0 atom stereocenters. The average Bonchev–Trinajstić information content (AvgIpc) is 2.60. The van der Waals surface area contributed by atoms with Crippen molar-refractivity contribution in [3.63, 3.8) is 0 Å². The lowest BCUT2D eigenvalue weighted by Crippen LogP contribution is -2.12. The molecule has 0 saturated carbocycles. The van der Waals surface area contributed by atoms with Crippen molar-refractivity contribution in [1.29, 1.82) is 0 Å². The van der Waals surface area contributed by atoms with E-state index in [1.807, 2.05) is 4.68 Å². The summed E-state index contributed by atoms with van der Waals surface area (Å²) in [6, 6.07) is 0.306. The van der Waals surface area contributed by atoms with Crippen LogP contribution in [-0.2, 0) is 0 Å². The molecule has 0 aliphatic carbocycles.